The molecule has 1 aromatic carbocycles. The third-order valence-corrected chi connectivity index (χ3v) is 2.96. The molecule has 1 fully saturated rings. The molecule has 0 radical (unpaired) electrons. The molecule has 1 atom stereocenters. The molecule has 1 aliphatic rings. The molecule has 4 nitrogen and oxygen atoms in total. The van der Waals surface area contributed by atoms with Crippen LogP contribution in [0.2, 0.25) is 5.02 Å². The zero-order valence-electron chi connectivity index (χ0n) is 9.06. The van der Waals surface area contributed by atoms with Crippen molar-refractivity contribution in [3.05, 3.63) is 28.8 Å². The second kappa shape index (κ2) is 5.05. The first kappa shape index (κ1) is 11.7. The van der Waals surface area contributed by atoms with Crippen molar-refractivity contribution in [1.82, 2.24) is 0 Å². The van der Waals surface area contributed by atoms with E-state index in [1.807, 2.05) is 17.0 Å². The topological polar surface area (TPSA) is 60.1 Å². The van der Waals surface area contributed by atoms with E-state index in [1.165, 1.54) is 0 Å². The summed E-state index contributed by atoms with van der Waals surface area (Å²) in [5, 5.41) is 18.0. The normalized spacial score (nSPS) is 19.5. The monoisotopic (exact) mass is 247 g/mol. The standard InChI is InChI=1S/C12H10ClN3O/c13-12-5-10(2-1-9(12)6-14)16-3-4-17-11(7-15)8-16/h1-2,5,11H,3-4,8H2/t11-/m0/s1. The summed E-state index contributed by atoms with van der Waals surface area (Å²) in [7, 11) is 0. The van der Waals surface area contributed by atoms with Gasteiger partial charge >= 0.3 is 0 Å². The number of nitriles is 2. The fourth-order valence-electron chi connectivity index (χ4n) is 1.75. The van der Waals surface area contributed by atoms with Gasteiger partial charge in [-0.3, -0.25) is 0 Å². The SMILES string of the molecule is N#Cc1ccc(N2CCO[C@@H](C#N)C2)cc1Cl. The van der Waals surface area contributed by atoms with Crippen LogP contribution in [0.15, 0.2) is 18.2 Å². The minimum Gasteiger partial charge on any atom is -0.365 e. The lowest BCUT2D eigenvalue weighted by Gasteiger charge is -2.31. The number of halogens is 1. The van der Waals surface area contributed by atoms with Gasteiger partial charge in [-0.2, -0.15) is 10.5 Å². The summed E-state index contributed by atoms with van der Waals surface area (Å²) in [6.07, 6.45) is -0.404. The van der Waals surface area contributed by atoms with Crippen LogP contribution in [0.5, 0.6) is 0 Å². The quantitative estimate of drug-likeness (QED) is 0.761. The highest BCUT2D eigenvalue weighted by molar-refractivity contribution is 6.32. The molecule has 0 aromatic heterocycles. The van der Waals surface area contributed by atoms with Crippen molar-refractivity contribution < 1.29 is 4.74 Å². The van der Waals surface area contributed by atoms with Crippen LogP contribution in [-0.2, 0) is 4.74 Å². The molecule has 0 amide bonds. The number of rotatable bonds is 1. The van der Waals surface area contributed by atoms with Crippen LogP contribution in [-0.4, -0.2) is 25.8 Å². The zero-order chi connectivity index (χ0) is 12.3. The lowest BCUT2D eigenvalue weighted by molar-refractivity contribution is 0.0764. The number of anilines is 1. The van der Waals surface area contributed by atoms with Gasteiger partial charge < -0.3 is 9.64 Å². The van der Waals surface area contributed by atoms with Gasteiger partial charge in [0, 0.05) is 12.2 Å². The van der Waals surface area contributed by atoms with Crippen LogP contribution < -0.4 is 4.90 Å². The Bertz CT molecular complexity index is 503. The lowest BCUT2D eigenvalue weighted by atomic mass is 10.2. The first-order valence-electron chi connectivity index (χ1n) is 5.20. The molecule has 1 saturated heterocycles. The first-order valence-corrected chi connectivity index (χ1v) is 5.58. The zero-order valence-corrected chi connectivity index (χ0v) is 9.81. The summed E-state index contributed by atoms with van der Waals surface area (Å²) in [6, 6.07) is 9.39. The predicted molar refractivity (Wildman–Crippen MR) is 63.7 cm³/mol. The van der Waals surface area contributed by atoms with Gasteiger partial charge in [0.05, 0.1) is 29.8 Å². The number of ether oxygens (including phenoxy) is 1. The Kier molecular flexibility index (Phi) is 3.49. The second-order valence-corrected chi connectivity index (χ2v) is 4.12. The van der Waals surface area contributed by atoms with Crippen LogP contribution >= 0.6 is 11.6 Å². The molecular weight excluding hydrogens is 238 g/mol. The van der Waals surface area contributed by atoms with Crippen LogP contribution in [0.1, 0.15) is 5.56 Å². The van der Waals surface area contributed by atoms with Gasteiger partial charge in [-0.25, -0.2) is 0 Å². The van der Waals surface area contributed by atoms with E-state index in [2.05, 4.69) is 6.07 Å². The van der Waals surface area contributed by atoms with Crippen molar-refractivity contribution >= 4 is 17.3 Å². The molecule has 0 unspecified atom stereocenters. The van der Waals surface area contributed by atoms with Crippen LogP contribution in [0.25, 0.3) is 0 Å². The molecular formula is C12H10ClN3O. The summed E-state index contributed by atoms with van der Waals surface area (Å²) in [4.78, 5) is 2.03. The van der Waals surface area contributed by atoms with Gasteiger partial charge in [0.15, 0.2) is 6.10 Å². The van der Waals surface area contributed by atoms with Crippen LogP contribution in [0, 0.1) is 22.7 Å². The molecule has 1 aromatic rings. The molecule has 1 aliphatic heterocycles. The average Bonchev–Trinajstić information content (AvgIpc) is 2.38. The minimum absolute atomic E-state index is 0.404. The summed E-state index contributed by atoms with van der Waals surface area (Å²) in [6.45, 7) is 1.77. The van der Waals surface area contributed by atoms with E-state index >= 15 is 0 Å². The third-order valence-electron chi connectivity index (χ3n) is 2.65. The predicted octanol–water partition coefficient (Wildman–Crippen LogP) is 1.94. The van der Waals surface area contributed by atoms with E-state index < -0.39 is 6.10 Å². The number of hydrogen-bond donors (Lipinski definition) is 0. The largest absolute Gasteiger partial charge is 0.365 e. The van der Waals surface area contributed by atoms with E-state index in [4.69, 9.17) is 26.9 Å². The molecule has 86 valence electrons. The third kappa shape index (κ3) is 2.50. The summed E-state index contributed by atoms with van der Waals surface area (Å²) in [5.41, 5.74) is 1.37. The van der Waals surface area contributed by atoms with Crippen molar-refractivity contribution in [2.24, 2.45) is 0 Å². The minimum atomic E-state index is -0.404. The number of hydrogen-bond acceptors (Lipinski definition) is 4. The fraction of sp³-hybridized carbons (Fsp3) is 0.333. The summed E-state index contributed by atoms with van der Waals surface area (Å²) in [5.74, 6) is 0. The molecule has 17 heavy (non-hydrogen) atoms. The van der Waals surface area contributed by atoms with Crippen molar-refractivity contribution in [3.63, 3.8) is 0 Å². The molecule has 1 heterocycles. The molecule has 2 rings (SSSR count). The van der Waals surface area contributed by atoms with Crippen molar-refractivity contribution in [3.8, 4) is 12.1 Å². The highest BCUT2D eigenvalue weighted by atomic mass is 35.5. The maximum absolute atomic E-state index is 8.82. The van der Waals surface area contributed by atoms with Crippen LogP contribution in [0.3, 0.4) is 0 Å². The van der Waals surface area contributed by atoms with E-state index in [-0.39, 0.29) is 0 Å². The molecule has 0 bridgehead atoms. The van der Waals surface area contributed by atoms with E-state index in [9.17, 15) is 0 Å². The van der Waals surface area contributed by atoms with Crippen molar-refractivity contribution in [2.45, 2.75) is 6.10 Å². The Morgan fingerprint density at radius 1 is 1.41 bits per heavy atom. The lowest BCUT2D eigenvalue weighted by Crippen LogP contribution is -2.41. The van der Waals surface area contributed by atoms with Gasteiger partial charge in [0.1, 0.15) is 6.07 Å². The number of morpholine rings is 1. The summed E-state index contributed by atoms with van der Waals surface area (Å²) >= 11 is 5.97. The van der Waals surface area contributed by atoms with E-state index in [0.717, 1.165) is 12.2 Å². The highest BCUT2D eigenvalue weighted by Gasteiger charge is 2.20. The maximum atomic E-state index is 8.82. The smallest absolute Gasteiger partial charge is 0.161 e. The average molecular weight is 248 g/mol. The van der Waals surface area contributed by atoms with Crippen LogP contribution in [0.4, 0.5) is 5.69 Å². The molecule has 0 spiro atoms. The number of nitrogens with zero attached hydrogens (tertiary/aromatic N) is 3. The van der Waals surface area contributed by atoms with E-state index in [0.29, 0.717) is 23.7 Å². The molecule has 0 aliphatic carbocycles. The maximum Gasteiger partial charge on any atom is 0.161 e. The molecule has 0 saturated carbocycles. The van der Waals surface area contributed by atoms with E-state index in [1.54, 1.807) is 12.1 Å². The Morgan fingerprint density at radius 2 is 2.24 bits per heavy atom. The second-order valence-electron chi connectivity index (χ2n) is 3.71. The Labute approximate surface area is 105 Å². The van der Waals surface area contributed by atoms with Gasteiger partial charge in [0.2, 0.25) is 0 Å². The summed E-state index contributed by atoms with van der Waals surface area (Å²) < 4.78 is 5.27. The van der Waals surface area contributed by atoms with Gasteiger partial charge in [-0.05, 0) is 18.2 Å². The Morgan fingerprint density at radius 3 is 2.88 bits per heavy atom. The van der Waals surface area contributed by atoms with Gasteiger partial charge in [0.25, 0.3) is 0 Å². The van der Waals surface area contributed by atoms with Crippen molar-refractivity contribution in [1.29, 1.82) is 10.5 Å². The van der Waals surface area contributed by atoms with Gasteiger partial charge in [-0.1, -0.05) is 11.6 Å². The van der Waals surface area contributed by atoms with Crippen molar-refractivity contribution in [2.75, 3.05) is 24.6 Å². The Balaban J connectivity index is 2.21. The molecule has 5 heteroatoms. The highest BCUT2D eigenvalue weighted by Crippen LogP contribution is 2.24. The first-order chi connectivity index (χ1) is 8.24. The molecule has 0 N–H and O–H groups in total. The van der Waals surface area contributed by atoms with Gasteiger partial charge in [-0.15, -0.1) is 0 Å². The fourth-order valence-corrected chi connectivity index (χ4v) is 1.97. The Hall–Kier alpha value is -1.75. The number of benzene rings is 1.